The van der Waals surface area contributed by atoms with Gasteiger partial charge in [-0.15, -0.1) is 12.3 Å². The van der Waals surface area contributed by atoms with Gasteiger partial charge in [0.25, 0.3) is 0 Å². The van der Waals surface area contributed by atoms with Crippen LogP contribution >= 0.6 is 0 Å². The highest BCUT2D eigenvalue weighted by molar-refractivity contribution is 5.72. The van der Waals surface area contributed by atoms with E-state index in [4.69, 9.17) is 16.0 Å². The van der Waals surface area contributed by atoms with Crippen LogP contribution in [0.15, 0.2) is 5.16 Å². The van der Waals surface area contributed by atoms with Crippen molar-refractivity contribution in [2.45, 2.75) is 19.4 Å². The second-order valence-electron chi connectivity index (χ2n) is 2.05. The van der Waals surface area contributed by atoms with E-state index < -0.39 is 0 Å². The van der Waals surface area contributed by atoms with Crippen molar-refractivity contribution in [3.63, 3.8) is 0 Å². The minimum absolute atomic E-state index is 0.0116. The van der Waals surface area contributed by atoms with E-state index in [0.717, 1.165) is 0 Å². The highest BCUT2D eigenvalue weighted by Crippen LogP contribution is 2.05. The van der Waals surface area contributed by atoms with E-state index in [-0.39, 0.29) is 6.10 Å². The number of hydrogen-bond acceptors (Lipinski definition) is 3. The number of terminal acetylenes is 1. The van der Waals surface area contributed by atoms with Crippen LogP contribution in [0.4, 0.5) is 0 Å². The van der Waals surface area contributed by atoms with Gasteiger partial charge in [0, 0.05) is 13.3 Å². The second-order valence-corrected chi connectivity index (χ2v) is 2.05. The molecule has 0 aromatic rings. The van der Waals surface area contributed by atoms with E-state index in [1.54, 1.807) is 6.92 Å². The first-order valence-electron chi connectivity index (χ1n) is 3.09. The second kappa shape index (κ2) is 3.11. The van der Waals surface area contributed by atoms with E-state index in [2.05, 4.69) is 11.1 Å². The fourth-order valence-electron chi connectivity index (χ4n) is 0.740. The van der Waals surface area contributed by atoms with Crippen LogP contribution in [0.25, 0.3) is 0 Å². The van der Waals surface area contributed by atoms with Crippen LogP contribution in [0.5, 0.6) is 0 Å². The number of rotatable bonds is 1. The Hall–Kier alpha value is -1.17. The van der Waals surface area contributed by atoms with Gasteiger partial charge in [-0.1, -0.05) is 5.16 Å². The lowest BCUT2D eigenvalue weighted by atomic mass is 10.3. The van der Waals surface area contributed by atoms with Crippen molar-refractivity contribution in [2.75, 3.05) is 6.61 Å². The summed E-state index contributed by atoms with van der Waals surface area (Å²) in [7, 11) is 0. The molecular weight excluding hydrogens is 130 g/mol. The van der Waals surface area contributed by atoms with Gasteiger partial charge >= 0.3 is 0 Å². The average molecular weight is 139 g/mol. The number of oxime groups is 1. The molecule has 0 bridgehead atoms. The monoisotopic (exact) mass is 139 g/mol. The van der Waals surface area contributed by atoms with E-state index in [1.807, 2.05) is 0 Å². The molecule has 10 heavy (non-hydrogen) atoms. The quantitative estimate of drug-likeness (QED) is 0.502. The molecule has 3 heteroatoms. The van der Waals surface area contributed by atoms with Gasteiger partial charge in [-0.05, 0) is 0 Å². The summed E-state index contributed by atoms with van der Waals surface area (Å²) in [6.45, 7) is 2.20. The number of nitrogens with zero attached hydrogens (tertiary/aromatic N) is 1. The predicted molar refractivity (Wildman–Crippen MR) is 37.4 cm³/mol. The van der Waals surface area contributed by atoms with E-state index in [1.165, 1.54) is 0 Å². The molecule has 54 valence electrons. The predicted octanol–water partition coefficient (Wildman–Crippen LogP) is 0.758. The molecule has 0 N–H and O–H groups in total. The summed E-state index contributed by atoms with van der Waals surface area (Å²) in [6, 6.07) is 0. The molecule has 0 fully saturated rings. The SMILES string of the molecule is C#CCC1CON=C(C)O1. The Balaban J connectivity index is 2.39. The first kappa shape index (κ1) is 6.94. The third-order valence-electron chi connectivity index (χ3n) is 1.14. The van der Waals surface area contributed by atoms with Crippen LogP contribution < -0.4 is 0 Å². The van der Waals surface area contributed by atoms with E-state index in [0.29, 0.717) is 18.9 Å². The van der Waals surface area contributed by atoms with Gasteiger partial charge in [0.2, 0.25) is 5.90 Å². The number of hydrogen-bond donors (Lipinski definition) is 0. The lowest BCUT2D eigenvalue weighted by molar-refractivity contribution is 0.0116. The standard InChI is InChI=1S/C7H9NO2/c1-3-4-7-5-9-8-6(2)10-7/h1,7H,4-5H2,2H3. The van der Waals surface area contributed by atoms with Crippen molar-refractivity contribution in [3.8, 4) is 12.3 Å². The lowest BCUT2D eigenvalue weighted by Crippen LogP contribution is -2.25. The minimum Gasteiger partial charge on any atom is -0.471 e. The molecule has 1 unspecified atom stereocenters. The largest absolute Gasteiger partial charge is 0.471 e. The molecule has 1 aliphatic heterocycles. The first-order valence-corrected chi connectivity index (χ1v) is 3.09. The molecule has 0 aromatic heterocycles. The van der Waals surface area contributed by atoms with E-state index in [9.17, 15) is 0 Å². The molecule has 1 atom stereocenters. The van der Waals surface area contributed by atoms with Crippen molar-refractivity contribution in [1.82, 2.24) is 0 Å². The molecule has 0 aromatic carbocycles. The van der Waals surface area contributed by atoms with Crippen LogP contribution in [-0.2, 0) is 9.57 Å². The van der Waals surface area contributed by atoms with Gasteiger partial charge in [0.15, 0.2) is 6.61 Å². The molecule has 3 nitrogen and oxygen atoms in total. The molecular formula is C7H9NO2. The Morgan fingerprint density at radius 2 is 2.70 bits per heavy atom. The fraction of sp³-hybridized carbons (Fsp3) is 0.571. The minimum atomic E-state index is -0.0116. The Morgan fingerprint density at radius 1 is 1.90 bits per heavy atom. The van der Waals surface area contributed by atoms with Crippen molar-refractivity contribution < 1.29 is 9.57 Å². The van der Waals surface area contributed by atoms with Gasteiger partial charge in [0.1, 0.15) is 6.10 Å². The van der Waals surface area contributed by atoms with Crippen LogP contribution in [-0.4, -0.2) is 18.6 Å². The third kappa shape index (κ3) is 1.66. The van der Waals surface area contributed by atoms with Crippen LogP contribution in [0, 0.1) is 12.3 Å². The molecule has 0 aliphatic carbocycles. The average Bonchev–Trinajstić information content (AvgIpc) is 1.88. The maximum atomic E-state index is 5.21. The lowest BCUT2D eigenvalue weighted by Gasteiger charge is -2.19. The maximum Gasteiger partial charge on any atom is 0.222 e. The Kier molecular flexibility index (Phi) is 2.16. The molecule has 1 aliphatic rings. The molecule has 1 rings (SSSR count). The van der Waals surface area contributed by atoms with Gasteiger partial charge in [0.05, 0.1) is 0 Å². The summed E-state index contributed by atoms with van der Waals surface area (Å²) >= 11 is 0. The highest BCUT2D eigenvalue weighted by Gasteiger charge is 2.14. The van der Waals surface area contributed by atoms with Crippen LogP contribution in [0.3, 0.4) is 0 Å². The molecule has 1 heterocycles. The number of ether oxygens (including phenoxy) is 1. The summed E-state index contributed by atoms with van der Waals surface area (Å²) in [4.78, 5) is 4.81. The highest BCUT2D eigenvalue weighted by atomic mass is 16.7. The topological polar surface area (TPSA) is 30.8 Å². The van der Waals surface area contributed by atoms with Crippen LogP contribution in [0.1, 0.15) is 13.3 Å². The van der Waals surface area contributed by atoms with Gasteiger partial charge in [-0.3, -0.25) is 0 Å². The molecule has 0 amide bonds. The van der Waals surface area contributed by atoms with Crippen LogP contribution in [0.2, 0.25) is 0 Å². The first-order chi connectivity index (χ1) is 4.83. The van der Waals surface area contributed by atoms with E-state index >= 15 is 0 Å². The van der Waals surface area contributed by atoms with Gasteiger partial charge in [-0.25, -0.2) is 0 Å². The van der Waals surface area contributed by atoms with Gasteiger partial charge in [-0.2, -0.15) is 0 Å². The fourth-order valence-corrected chi connectivity index (χ4v) is 0.740. The Morgan fingerprint density at radius 3 is 3.30 bits per heavy atom. The van der Waals surface area contributed by atoms with Crippen molar-refractivity contribution in [3.05, 3.63) is 0 Å². The summed E-state index contributed by atoms with van der Waals surface area (Å²) in [5.74, 6) is 3.05. The summed E-state index contributed by atoms with van der Waals surface area (Å²) in [6.07, 6.45) is 5.64. The van der Waals surface area contributed by atoms with Crippen molar-refractivity contribution >= 4 is 5.90 Å². The molecule has 0 saturated carbocycles. The van der Waals surface area contributed by atoms with Crippen molar-refractivity contribution in [1.29, 1.82) is 0 Å². The summed E-state index contributed by atoms with van der Waals surface area (Å²) < 4.78 is 5.21. The summed E-state index contributed by atoms with van der Waals surface area (Å²) in [5.41, 5.74) is 0. The third-order valence-corrected chi connectivity index (χ3v) is 1.14. The maximum absolute atomic E-state index is 5.21. The smallest absolute Gasteiger partial charge is 0.222 e. The normalized spacial score (nSPS) is 23.6. The van der Waals surface area contributed by atoms with Gasteiger partial charge < -0.3 is 9.57 Å². The molecule has 0 saturated heterocycles. The zero-order valence-electron chi connectivity index (χ0n) is 5.83. The van der Waals surface area contributed by atoms with Crippen molar-refractivity contribution in [2.24, 2.45) is 5.16 Å². The molecule has 0 spiro atoms. The Labute approximate surface area is 60.0 Å². The summed E-state index contributed by atoms with van der Waals surface area (Å²) in [5, 5.41) is 3.59. The Bertz CT molecular complexity index is 181. The molecule has 0 radical (unpaired) electrons. The zero-order chi connectivity index (χ0) is 7.40. The zero-order valence-corrected chi connectivity index (χ0v) is 5.83.